The summed E-state index contributed by atoms with van der Waals surface area (Å²) in [4.78, 5) is 2.92. The molecule has 0 atom stereocenters. The Balaban J connectivity index is 0.00000225. The molecule has 1 aromatic carbocycles. The van der Waals surface area contributed by atoms with Crippen molar-refractivity contribution < 1.29 is 25.6 Å². The van der Waals surface area contributed by atoms with E-state index in [1.165, 1.54) is 19.2 Å². The van der Waals surface area contributed by atoms with Gasteiger partial charge in [0.05, 0.1) is 12.0 Å². The SMILES string of the molecule is COc1cc(S(N)(=O)=O)c(C)cc1[N+]#N.[Cl-]. The minimum Gasteiger partial charge on any atom is -1.00 e. The van der Waals surface area contributed by atoms with Crippen LogP contribution in [0.5, 0.6) is 5.75 Å². The van der Waals surface area contributed by atoms with Gasteiger partial charge in [-0.15, -0.1) is 0 Å². The van der Waals surface area contributed by atoms with Crippen molar-refractivity contribution in [2.75, 3.05) is 7.11 Å². The first-order chi connectivity index (χ1) is 6.90. The number of ether oxygens (including phenoxy) is 1. The van der Waals surface area contributed by atoms with Gasteiger partial charge in [-0.3, -0.25) is 0 Å². The largest absolute Gasteiger partial charge is 1.00 e. The number of rotatable bonds is 2. The van der Waals surface area contributed by atoms with Crippen molar-refractivity contribution in [1.82, 2.24) is 0 Å². The van der Waals surface area contributed by atoms with E-state index in [1.54, 1.807) is 6.92 Å². The molecule has 0 spiro atoms. The molecule has 2 N–H and O–H groups in total. The molecular formula is C8H10ClN3O3S. The van der Waals surface area contributed by atoms with Crippen LogP contribution in [0.2, 0.25) is 0 Å². The summed E-state index contributed by atoms with van der Waals surface area (Å²) in [7, 11) is -2.45. The van der Waals surface area contributed by atoms with Gasteiger partial charge in [0.15, 0.2) is 4.98 Å². The molecule has 88 valence electrons. The number of aryl methyl sites for hydroxylation is 1. The first-order valence-corrected chi connectivity index (χ1v) is 5.51. The van der Waals surface area contributed by atoms with Gasteiger partial charge in [0, 0.05) is 12.1 Å². The predicted octanol–water partition coefficient (Wildman–Crippen LogP) is -1.86. The van der Waals surface area contributed by atoms with Gasteiger partial charge < -0.3 is 17.1 Å². The zero-order valence-corrected chi connectivity index (χ0v) is 10.2. The lowest BCUT2D eigenvalue weighted by Crippen LogP contribution is -3.00. The quantitative estimate of drug-likeness (QED) is 0.633. The van der Waals surface area contributed by atoms with Crippen molar-refractivity contribution in [2.24, 2.45) is 5.14 Å². The second-order valence-corrected chi connectivity index (χ2v) is 4.46. The molecule has 0 fully saturated rings. The van der Waals surface area contributed by atoms with Crippen molar-refractivity contribution >= 4 is 15.7 Å². The lowest BCUT2D eigenvalue weighted by molar-refractivity contribution is -0.00000635. The summed E-state index contributed by atoms with van der Waals surface area (Å²) in [5.74, 6) is 0.145. The van der Waals surface area contributed by atoms with Crippen LogP contribution in [0.15, 0.2) is 17.0 Å². The van der Waals surface area contributed by atoms with Gasteiger partial charge in [0.1, 0.15) is 0 Å². The number of methoxy groups -OCH3 is 1. The minimum atomic E-state index is -3.79. The normalized spacial score (nSPS) is 10.1. The van der Waals surface area contributed by atoms with E-state index in [0.29, 0.717) is 5.56 Å². The molecule has 6 nitrogen and oxygen atoms in total. The third-order valence-electron chi connectivity index (χ3n) is 1.89. The van der Waals surface area contributed by atoms with Crippen LogP contribution in [0.4, 0.5) is 5.69 Å². The Morgan fingerprint density at radius 2 is 2.00 bits per heavy atom. The molecule has 0 bridgehead atoms. The summed E-state index contributed by atoms with van der Waals surface area (Å²) in [5.41, 5.74) is 0.550. The van der Waals surface area contributed by atoms with E-state index in [2.05, 4.69) is 4.98 Å². The van der Waals surface area contributed by atoms with E-state index in [4.69, 9.17) is 15.3 Å². The minimum absolute atomic E-state index is 0. The first kappa shape index (κ1) is 14.6. The summed E-state index contributed by atoms with van der Waals surface area (Å²) in [6, 6.07) is 2.60. The zero-order valence-electron chi connectivity index (χ0n) is 8.64. The fourth-order valence-electron chi connectivity index (χ4n) is 1.20. The molecular weight excluding hydrogens is 254 g/mol. The Morgan fingerprint density at radius 3 is 2.38 bits per heavy atom. The third kappa shape index (κ3) is 2.82. The van der Waals surface area contributed by atoms with Crippen LogP contribution in [-0.2, 0) is 10.0 Å². The maximum absolute atomic E-state index is 11.2. The molecule has 0 aliphatic carbocycles. The Bertz CT molecular complexity index is 536. The van der Waals surface area contributed by atoms with Crippen molar-refractivity contribution in [3.8, 4) is 5.75 Å². The third-order valence-corrected chi connectivity index (χ3v) is 2.94. The Hall–Kier alpha value is -1.36. The highest BCUT2D eigenvalue weighted by atomic mass is 35.5. The summed E-state index contributed by atoms with van der Waals surface area (Å²) in [6.07, 6.45) is 0. The second-order valence-electron chi connectivity index (χ2n) is 2.93. The van der Waals surface area contributed by atoms with Gasteiger partial charge in [-0.1, -0.05) is 0 Å². The molecule has 1 aromatic rings. The molecule has 0 radical (unpaired) electrons. The molecule has 0 aliphatic heterocycles. The number of halogens is 1. The van der Waals surface area contributed by atoms with E-state index in [0.717, 1.165) is 0 Å². The molecule has 0 unspecified atom stereocenters. The zero-order chi connectivity index (χ0) is 11.6. The van der Waals surface area contributed by atoms with E-state index in [9.17, 15) is 8.42 Å². The van der Waals surface area contributed by atoms with Crippen LogP contribution in [0.3, 0.4) is 0 Å². The smallest absolute Gasteiger partial charge is 0.426 e. The highest BCUT2D eigenvalue weighted by Crippen LogP contribution is 2.32. The number of sulfonamides is 1. The number of diazo groups is 1. The number of hydrogen-bond acceptors (Lipinski definition) is 4. The van der Waals surface area contributed by atoms with Crippen molar-refractivity contribution in [2.45, 2.75) is 11.8 Å². The fourth-order valence-corrected chi connectivity index (χ4v) is 1.98. The van der Waals surface area contributed by atoms with Crippen molar-refractivity contribution in [1.29, 1.82) is 5.39 Å². The highest BCUT2D eigenvalue weighted by molar-refractivity contribution is 7.89. The van der Waals surface area contributed by atoms with Gasteiger partial charge in [-0.25, -0.2) is 13.6 Å². The topological polar surface area (TPSA) is 97.5 Å². The van der Waals surface area contributed by atoms with Gasteiger partial charge in [-0.2, -0.15) is 0 Å². The van der Waals surface area contributed by atoms with E-state index >= 15 is 0 Å². The molecule has 0 saturated heterocycles. The van der Waals surface area contributed by atoms with Crippen LogP contribution in [0.1, 0.15) is 5.56 Å². The summed E-state index contributed by atoms with van der Waals surface area (Å²) in [6.45, 7) is 1.55. The number of primary sulfonamides is 1. The summed E-state index contributed by atoms with van der Waals surface area (Å²) in [5, 5.41) is 13.6. The lowest BCUT2D eigenvalue weighted by atomic mass is 10.2. The average molecular weight is 264 g/mol. The standard InChI is InChI=1S/C8H10N3O3S.ClH/c1-5-3-6(11-9)7(14-2)4-8(5)15(10,12)13;/h3-4H,1-2H3,(H2,10,12,13);1H/q+1;/p-1. The van der Waals surface area contributed by atoms with Crippen LogP contribution < -0.4 is 22.3 Å². The Kier molecular flexibility index (Phi) is 4.68. The van der Waals surface area contributed by atoms with Crippen molar-refractivity contribution in [3.63, 3.8) is 0 Å². The number of hydrogen-bond donors (Lipinski definition) is 1. The van der Waals surface area contributed by atoms with E-state index < -0.39 is 10.0 Å². The maximum Gasteiger partial charge on any atom is 0.426 e. The molecule has 8 heteroatoms. The molecule has 0 saturated carbocycles. The number of nitrogens with two attached hydrogens (primary N) is 1. The van der Waals surface area contributed by atoms with E-state index in [-0.39, 0.29) is 28.7 Å². The Morgan fingerprint density at radius 1 is 1.44 bits per heavy atom. The van der Waals surface area contributed by atoms with Crippen molar-refractivity contribution in [3.05, 3.63) is 22.7 Å². The monoisotopic (exact) mass is 263 g/mol. The predicted molar refractivity (Wildman–Crippen MR) is 53.8 cm³/mol. The fraction of sp³-hybridized carbons (Fsp3) is 0.250. The first-order valence-electron chi connectivity index (χ1n) is 3.96. The molecule has 1 rings (SSSR count). The van der Waals surface area contributed by atoms with Gasteiger partial charge in [0.2, 0.25) is 21.2 Å². The van der Waals surface area contributed by atoms with Crippen LogP contribution >= 0.6 is 0 Å². The van der Waals surface area contributed by atoms with Crippen LogP contribution in [-0.4, -0.2) is 15.5 Å². The average Bonchev–Trinajstić information content (AvgIpc) is 2.15. The Labute approximate surface area is 99.5 Å². The molecule has 0 aliphatic rings. The summed E-state index contributed by atoms with van der Waals surface area (Å²) < 4.78 is 27.2. The van der Waals surface area contributed by atoms with Gasteiger partial charge in [0.25, 0.3) is 0 Å². The van der Waals surface area contributed by atoms with E-state index in [1.807, 2.05) is 0 Å². The molecule has 0 amide bonds. The number of benzene rings is 1. The molecule has 0 heterocycles. The molecule has 0 aromatic heterocycles. The second kappa shape index (κ2) is 5.12. The van der Waals surface area contributed by atoms with Crippen LogP contribution in [0, 0.1) is 12.3 Å². The van der Waals surface area contributed by atoms with Gasteiger partial charge >= 0.3 is 5.69 Å². The molecule has 16 heavy (non-hydrogen) atoms. The highest BCUT2D eigenvalue weighted by Gasteiger charge is 2.21. The van der Waals surface area contributed by atoms with Crippen LogP contribution in [0.25, 0.3) is 4.98 Å². The summed E-state index contributed by atoms with van der Waals surface area (Å²) >= 11 is 0. The van der Waals surface area contributed by atoms with Gasteiger partial charge in [-0.05, 0) is 12.5 Å². The maximum atomic E-state index is 11.2. The lowest BCUT2D eigenvalue weighted by Gasteiger charge is -2.03. The number of nitrogens with zero attached hydrogens (tertiary/aromatic N) is 2.